The van der Waals surface area contributed by atoms with Crippen molar-refractivity contribution in [3.05, 3.63) is 11.6 Å². The fraction of sp³-hybridized carbons (Fsp3) is 0.667. The van der Waals surface area contributed by atoms with Crippen molar-refractivity contribution in [2.75, 3.05) is 13.4 Å². The molecule has 0 bridgehead atoms. The first-order chi connectivity index (χ1) is 5.70. The minimum Gasteiger partial charge on any atom is -0.435 e. The minimum absolute atomic E-state index is 0.0445. The average Bonchev–Trinajstić information content (AvgIpc) is 2.05. The standard InChI is InChI=1S/C9H16O3/c1-4-8(3)6-9(10)12-7-11-5-2/h6H,4-5,7H2,1-3H3. The van der Waals surface area contributed by atoms with Gasteiger partial charge in [-0.2, -0.15) is 0 Å². The van der Waals surface area contributed by atoms with E-state index in [0.717, 1.165) is 12.0 Å². The molecule has 3 heteroatoms. The molecule has 70 valence electrons. The summed E-state index contributed by atoms with van der Waals surface area (Å²) in [5.41, 5.74) is 1.01. The van der Waals surface area contributed by atoms with E-state index >= 15 is 0 Å². The molecule has 0 heterocycles. The summed E-state index contributed by atoms with van der Waals surface area (Å²) in [6.07, 6.45) is 2.35. The van der Waals surface area contributed by atoms with Crippen LogP contribution in [0.2, 0.25) is 0 Å². The van der Waals surface area contributed by atoms with Crippen LogP contribution in [0.1, 0.15) is 27.2 Å². The SMILES string of the molecule is CCOCOC(=O)C=C(C)CC. The van der Waals surface area contributed by atoms with E-state index < -0.39 is 0 Å². The van der Waals surface area contributed by atoms with E-state index in [1.807, 2.05) is 20.8 Å². The molecule has 0 aromatic carbocycles. The summed E-state index contributed by atoms with van der Waals surface area (Å²) in [4.78, 5) is 10.9. The molecule has 0 amide bonds. The molecule has 0 aliphatic heterocycles. The highest BCUT2D eigenvalue weighted by molar-refractivity contribution is 5.82. The smallest absolute Gasteiger partial charge is 0.332 e. The molecule has 0 atom stereocenters. The summed E-state index contributed by atoms with van der Waals surface area (Å²) in [5, 5.41) is 0. The van der Waals surface area contributed by atoms with Crippen LogP contribution in [-0.4, -0.2) is 19.4 Å². The first-order valence-electron chi connectivity index (χ1n) is 4.12. The van der Waals surface area contributed by atoms with Crippen LogP contribution in [0.3, 0.4) is 0 Å². The van der Waals surface area contributed by atoms with Gasteiger partial charge in [-0.15, -0.1) is 0 Å². The number of esters is 1. The van der Waals surface area contributed by atoms with Crippen LogP contribution < -0.4 is 0 Å². The van der Waals surface area contributed by atoms with Gasteiger partial charge in [0.15, 0.2) is 6.79 Å². The van der Waals surface area contributed by atoms with Gasteiger partial charge in [-0.1, -0.05) is 12.5 Å². The van der Waals surface area contributed by atoms with E-state index in [9.17, 15) is 4.79 Å². The zero-order chi connectivity index (χ0) is 9.40. The van der Waals surface area contributed by atoms with Crippen LogP contribution in [0.4, 0.5) is 0 Å². The second-order valence-electron chi connectivity index (χ2n) is 2.42. The van der Waals surface area contributed by atoms with Crippen molar-refractivity contribution in [2.24, 2.45) is 0 Å². The van der Waals surface area contributed by atoms with Crippen LogP contribution in [0.25, 0.3) is 0 Å². The van der Waals surface area contributed by atoms with Gasteiger partial charge < -0.3 is 9.47 Å². The fourth-order valence-corrected chi connectivity index (χ4v) is 0.528. The zero-order valence-corrected chi connectivity index (χ0v) is 7.92. The molecule has 0 fully saturated rings. The summed E-state index contributed by atoms with van der Waals surface area (Å²) in [6.45, 7) is 6.33. The molecule has 0 unspecified atom stereocenters. The highest BCUT2D eigenvalue weighted by atomic mass is 16.7. The van der Waals surface area contributed by atoms with Gasteiger partial charge in [0.1, 0.15) is 0 Å². The van der Waals surface area contributed by atoms with Crippen LogP contribution in [0.5, 0.6) is 0 Å². The van der Waals surface area contributed by atoms with E-state index in [1.54, 1.807) is 0 Å². The van der Waals surface area contributed by atoms with Gasteiger partial charge in [0, 0.05) is 12.7 Å². The number of rotatable bonds is 5. The van der Waals surface area contributed by atoms with Crippen molar-refractivity contribution in [1.29, 1.82) is 0 Å². The quantitative estimate of drug-likeness (QED) is 0.275. The number of hydrogen-bond acceptors (Lipinski definition) is 3. The molecule has 0 N–H and O–H groups in total. The number of allylic oxidation sites excluding steroid dienone is 1. The third-order valence-electron chi connectivity index (χ3n) is 1.41. The number of ether oxygens (including phenoxy) is 2. The highest BCUT2D eigenvalue weighted by Gasteiger charge is 1.96. The second-order valence-corrected chi connectivity index (χ2v) is 2.42. The molecular weight excluding hydrogens is 156 g/mol. The van der Waals surface area contributed by atoms with Crippen molar-refractivity contribution in [1.82, 2.24) is 0 Å². The molecule has 0 aromatic heterocycles. The lowest BCUT2D eigenvalue weighted by molar-refractivity contribution is -0.149. The fourth-order valence-electron chi connectivity index (χ4n) is 0.528. The summed E-state index contributed by atoms with van der Waals surface area (Å²) >= 11 is 0. The zero-order valence-electron chi connectivity index (χ0n) is 7.92. The predicted molar refractivity (Wildman–Crippen MR) is 46.6 cm³/mol. The maximum Gasteiger partial charge on any atom is 0.332 e. The highest BCUT2D eigenvalue weighted by Crippen LogP contribution is 1.98. The lowest BCUT2D eigenvalue weighted by Gasteiger charge is -2.01. The van der Waals surface area contributed by atoms with Gasteiger partial charge in [-0.3, -0.25) is 0 Å². The van der Waals surface area contributed by atoms with Crippen molar-refractivity contribution in [2.45, 2.75) is 27.2 Å². The van der Waals surface area contributed by atoms with Crippen LogP contribution in [-0.2, 0) is 14.3 Å². The Morgan fingerprint density at radius 2 is 2.08 bits per heavy atom. The lowest BCUT2D eigenvalue weighted by atomic mass is 10.2. The molecule has 0 rings (SSSR count). The number of carbonyl (C=O) groups is 1. The molecule has 3 nitrogen and oxygen atoms in total. The van der Waals surface area contributed by atoms with Crippen LogP contribution in [0, 0.1) is 0 Å². The molecule has 12 heavy (non-hydrogen) atoms. The summed E-state index contributed by atoms with van der Waals surface area (Å²) < 4.78 is 9.56. The Hall–Kier alpha value is -0.830. The summed E-state index contributed by atoms with van der Waals surface area (Å²) in [5.74, 6) is -0.331. The van der Waals surface area contributed by atoms with Gasteiger partial charge in [0.2, 0.25) is 0 Å². The largest absolute Gasteiger partial charge is 0.435 e. The Labute approximate surface area is 73.4 Å². The molecule has 0 aromatic rings. The number of carbonyl (C=O) groups excluding carboxylic acids is 1. The Morgan fingerprint density at radius 1 is 1.42 bits per heavy atom. The topological polar surface area (TPSA) is 35.5 Å². The normalized spacial score (nSPS) is 11.4. The molecule has 0 saturated heterocycles. The lowest BCUT2D eigenvalue weighted by Crippen LogP contribution is -2.05. The van der Waals surface area contributed by atoms with Crippen molar-refractivity contribution in [3.63, 3.8) is 0 Å². The molecule has 0 spiro atoms. The minimum atomic E-state index is -0.331. The third-order valence-corrected chi connectivity index (χ3v) is 1.41. The Balaban J connectivity index is 3.59. The summed E-state index contributed by atoms with van der Waals surface area (Å²) in [6, 6.07) is 0. The van der Waals surface area contributed by atoms with E-state index in [-0.39, 0.29) is 12.8 Å². The molecule has 0 radical (unpaired) electrons. The van der Waals surface area contributed by atoms with Gasteiger partial charge in [-0.25, -0.2) is 4.79 Å². The second kappa shape index (κ2) is 6.85. The van der Waals surface area contributed by atoms with Gasteiger partial charge in [0.25, 0.3) is 0 Å². The van der Waals surface area contributed by atoms with Crippen molar-refractivity contribution >= 4 is 5.97 Å². The Kier molecular flexibility index (Phi) is 6.38. The van der Waals surface area contributed by atoms with Crippen LogP contribution >= 0.6 is 0 Å². The average molecular weight is 172 g/mol. The predicted octanol–water partition coefficient (Wildman–Crippen LogP) is 1.88. The van der Waals surface area contributed by atoms with Gasteiger partial charge >= 0.3 is 5.97 Å². The van der Waals surface area contributed by atoms with Gasteiger partial charge in [0.05, 0.1) is 0 Å². The molecule has 0 aliphatic carbocycles. The maximum absolute atomic E-state index is 10.9. The first-order valence-corrected chi connectivity index (χ1v) is 4.12. The monoisotopic (exact) mass is 172 g/mol. The van der Waals surface area contributed by atoms with Crippen LogP contribution in [0.15, 0.2) is 11.6 Å². The molecule has 0 saturated carbocycles. The van der Waals surface area contributed by atoms with Crippen molar-refractivity contribution in [3.8, 4) is 0 Å². The van der Waals surface area contributed by atoms with Crippen molar-refractivity contribution < 1.29 is 14.3 Å². The maximum atomic E-state index is 10.9. The first kappa shape index (κ1) is 11.2. The van der Waals surface area contributed by atoms with E-state index in [4.69, 9.17) is 9.47 Å². The van der Waals surface area contributed by atoms with E-state index in [2.05, 4.69) is 0 Å². The van der Waals surface area contributed by atoms with E-state index in [0.29, 0.717) is 6.61 Å². The number of hydrogen-bond donors (Lipinski definition) is 0. The molecule has 0 aliphatic rings. The Morgan fingerprint density at radius 3 is 2.58 bits per heavy atom. The van der Waals surface area contributed by atoms with Gasteiger partial charge in [-0.05, 0) is 20.3 Å². The summed E-state index contributed by atoms with van der Waals surface area (Å²) in [7, 11) is 0. The third kappa shape index (κ3) is 5.92. The Bertz CT molecular complexity index is 161. The van der Waals surface area contributed by atoms with E-state index in [1.165, 1.54) is 6.08 Å². The molecular formula is C9H16O3.